The summed E-state index contributed by atoms with van der Waals surface area (Å²) in [5, 5.41) is 7.77. The summed E-state index contributed by atoms with van der Waals surface area (Å²) in [6.07, 6.45) is 0. The second-order valence-electron chi connectivity index (χ2n) is 13.9. The van der Waals surface area contributed by atoms with Gasteiger partial charge in [-0.3, -0.25) is 0 Å². The smallest absolute Gasteiger partial charge is 0.0778 e. The van der Waals surface area contributed by atoms with Crippen molar-refractivity contribution in [2.75, 3.05) is 11.9 Å². The van der Waals surface area contributed by atoms with Crippen LogP contribution in [0.25, 0.3) is 55.3 Å². The maximum atomic E-state index is 2.44. The highest BCUT2D eigenvalue weighted by Crippen LogP contribution is 2.45. The van der Waals surface area contributed by atoms with Gasteiger partial charge in [0.2, 0.25) is 0 Å². The minimum Gasteiger partial charge on any atom is -0.342 e. The lowest BCUT2D eigenvalue weighted by Gasteiger charge is -2.24. The van der Waals surface area contributed by atoms with Crippen LogP contribution >= 0.6 is 7.92 Å². The second kappa shape index (κ2) is 14.0. The number of para-hydroxylation sites is 3. The molecule has 0 atom stereocenters. The van der Waals surface area contributed by atoms with Gasteiger partial charge >= 0.3 is 0 Å². The Kier molecular flexibility index (Phi) is 8.36. The number of nitrogens with zero attached hydrogens (tertiary/aromatic N) is 3. The van der Waals surface area contributed by atoms with Crippen LogP contribution in [0.3, 0.4) is 0 Å². The molecule has 0 bridgehead atoms. The van der Waals surface area contributed by atoms with Crippen LogP contribution in [0.15, 0.2) is 212 Å². The van der Waals surface area contributed by atoms with Gasteiger partial charge in [-0.25, -0.2) is 0 Å². The Hall–Kier alpha value is -6.67. The number of aromatic nitrogens is 2. The fourth-order valence-electron chi connectivity index (χ4n) is 8.20. The zero-order chi connectivity index (χ0) is 36.7. The SMILES string of the molecule is CN(c1ccc(P(c2ccccc2)c2ccccc2)cc1)c1c(-c2ccccc2)n(-c2ccc(-n3c4ccccc4c4ccccc43)cc2)c2ccccc12. The fraction of sp³-hybridized carbons (Fsp3) is 0.0196. The molecule has 2 aromatic heterocycles. The average molecular weight is 724 g/mol. The first-order valence-electron chi connectivity index (χ1n) is 18.8. The summed E-state index contributed by atoms with van der Waals surface area (Å²) < 4.78 is 4.81. The third kappa shape index (κ3) is 5.73. The first kappa shape index (κ1) is 32.9. The van der Waals surface area contributed by atoms with Gasteiger partial charge in [0.25, 0.3) is 0 Å². The third-order valence-electron chi connectivity index (χ3n) is 10.7. The van der Waals surface area contributed by atoms with E-state index in [9.17, 15) is 0 Å². The number of hydrogen-bond donors (Lipinski definition) is 0. The van der Waals surface area contributed by atoms with Gasteiger partial charge in [-0.2, -0.15) is 0 Å². The van der Waals surface area contributed by atoms with E-state index in [0.29, 0.717) is 0 Å². The number of rotatable bonds is 8. The number of anilines is 2. The van der Waals surface area contributed by atoms with Crippen molar-refractivity contribution in [2.45, 2.75) is 0 Å². The van der Waals surface area contributed by atoms with Crippen LogP contribution in [0, 0.1) is 0 Å². The zero-order valence-electron chi connectivity index (χ0n) is 30.5. The molecule has 3 nitrogen and oxygen atoms in total. The zero-order valence-corrected chi connectivity index (χ0v) is 31.4. The van der Waals surface area contributed by atoms with E-state index in [1.54, 1.807) is 0 Å². The van der Waals surface area contributed by atoms with Crippen molar-refractivity contribution in [3.8, 4) is 22.6 Å². The standard InChI is InChI=1S/C51H38N3P/c1-52(38-33-35-43(36-34-38)55(41-19-7-3-8-20-41)42-21-9-4-10-22-42)51-46-25-13-16-28-49(46)54(50(51)37-17-5-2-6-18-37)40-31-29-39(30-32-40)53-47-26-14-11-23-44(47)45-24-12-15-27-48(45)53/h2-36H,1H3. The summed E-state index contributed by atoms with van der Waals surface area (Å²) in [6, 6.07) is 77.1. The molecule has 4 heteroatoms. The minimum atomic E-state index is -0.690. The molecule has 0 amide bonds. The van der Waals surface area contributed by atoms with Crippen LogP contribution in [0.4, 0.5) is 11.4 Å². The summed E-state index contributed by atoms with van der Waals surface area (Å²) in [5.74, 6) is 0. The van der Waals surface area contributed by atoms with Crippen molar-refractivity contribution in [1.82, 2.24) is 9.13 Å². The van der Waals surface area contributed by atoms with Gasteiger partial charge < -0.3 is 14.0 Å². The van der Waals surface area contributed by atoms with Crippen LogP contribution in [0.1, 0.15) is 0 Å². The molecule has 0 unspecified atom stereocenters. The maximum absolute atomic E-state index is 2.44. The quantitative estimate of drug-likeness (QED) is 0.142. The van der Waals surface area contributed by atoms with Gasteiger partial charge in [0.1, 0.15) is 0 Å². The molecule has 10 aromatic rings. The van der Waals surface area contributed by atoms with E-state index < -0.39 is 7.92 Å². The first-order valence-corrected chi connectivity index (χ1v) is 20.1. The largest absolute Gasteiger partial charge is 0.342 e. The van der Waals surface area contributed by atoms with Crippen LogP contribution in [0.5, 0.6) is 0 Å². The van der Waals surface area contributed by atoms with Crippen LogP contribution in [-0.2, 0) is 0 Å². The predicted octanol–water partition coefficient (Wildman–Crippen LogP) is 11.9. The molecule has 2 heterocycles. The Morgan fingerprint density at radius 1 is 0.364 bits per heavy atom. The lowest BCUT2D eigenvalue weighted by molar-refractivity contribution is 1.11. The fourth-order valence-corrected chi connectivity index (χ4v) is 10.5. The van der Waals surface area contributed by atoms with Crippen LogP contribution in [-0.4, -0.2) is 16.2 Å². The van der Waals surface area contributed by atoms with E-state index in [4.69, 9.17) is 0 Å². The lowest BCUT2D eigenvalue weighted by Crippen LogP contribution is -2.21. The number of fused-ring (bicyclic) bond motifs is 4. The highest BCUT2D eigenvalue weighted by molar-refractivity contribution is 7.79. The third-order valence-corrected chi connectivity index (χ3v) is 13.1. The van der Waals surface area contributed by atoms with Crippen molar-refractivity contribution in [1.29, 1.82) is 0 Å². The van der Waals surface area contributed by atoms with Gasteiger partial charge in [-0.1, -0.05) is 158 Å². The highest BCUT2D eigenvalue weighted by Gasteiger charge is 2.24. The molecule has 0 spiro atoms. The minimum absolute atomic E-state index is 0.690. The normalized spacial score (nSPS) is 11.5. The summed E-state index contributed by atoms with van der Waals surface area (Å²) in [6.45, 7) is 0. The second-order valence-corrected chi connectivity index (χ2v) is 16.1. The topological polar surface area (TPSA) is 13.1 Å². The number of hydrogen-bond acceptors (Lipinski definition) is 1. The maximum Gasteiger partial charge on any atom is 0.0778 e. The summed E-state index contributed by atoms with van der Waals surface area (Å²) in [4.78, 5) is 2.37. The molecule has 262 valence electrons. The molecule has 0 aliphatic carbocycles. The summed E-state index contributed by atoms with van der Waals surface area (Å²) in [7, 11) is 1.51. The molecule has 0 fully saturated rings. The van der Waals surface area contributed by atoms with E-state index in [-0.39, 0.29) is 0 Å². The van der Waals surface area contributed by atoms with Gasteiger partial charge in [-0.05, 0) is 78.4 Å². The molecule has 0 N–H and O–H groups in total. The van der Waals surface area contributed by atoms with E-state index >= 15 is 0 Å². The molecule has 0 aliphatic heterocycles. The summed E-state index contributed by atoms with van der Waals surface area (Å²) >= 11 is 0. The molecule has 0 saturated heterocycles. The van der Waals surface area contributed by atoms with Crippen molar-refractivity contribution in [2.24, 2.45) is 0 Å². The molecule has 8 aromatic carbocycles. The molecular formula is C51H38N3P. The Balaban J connectivity index is 1.10. The predicted molar refractivity (Wildman–Crippen MR) is 236 cm³/mol. The lowest BCUT2D eigenvalue weighted by atomic mass is 10.1. The van der Waals surface area contributed by atoms with E-state index in [2.05, 4.69) is 233 Å². The van der Waals surface area contributed by atoms with Crippen LogP contribution < -0.4 is 20.8 Å². The molecule has 0 radical (unpaired) electrons. The molecule has 10 rings (SSSR count). The Labute approximate surface area is 322 Å². The Morgan fingerprint density at radius 3 is 1.29 bits per heavy atom. The van der Waals surface area contributed by atoms with Crippen LogP contribution in [0.2, 0.25) is 0 Å². The Morgan fingerprint density at radius 2 is 0.764 bits per heavy atom. The first-order chi connectivity index (χ1) is 27.2. The van der Waals surface area contributed by atoms with Gasteiger partial charge in [0.05, 0.1) is 27.9 Å². The monoisotopic (exact) mass is 723 g/mol. The van der Waals surface area contributed by atoms with Gasteiger partial charge in [0.15, 0.2) is 0 Å². The number of benzene rings is 8. The van der Waals surface area contributed by atoms with E-state index in [0.717, 1.165) is 22.8 Å². The highest BCUT2D eigenvalue weighted by atomic mass is 31.1. The van der Waals surface area contributed by atoms with Crippen molar-refractivity contribution >= 4 is 67.9 Å². The van der Waals surface area contributed by atoms with E-state index in [1.807, 2.05) is 0 Å². The molecule has 55 heavy (non-hydrogen) atoms. The molecular weight excluding hydrogens is 686 g/mol. The van der Waals surface area contributed by atoms with Crippen molar-refractivity contribution in [3.63, 3.8) is 0 Å². The van der Waals surface area contributed by atoms with Crippen molar-refractivity contribution < 1.29 is 0 Å². The molecule has 0 saturated carbocycles. The average Bonchev–Trinajstić information content (AvgIpc) is 3.79. The van der Waals surface area contributed by atoms with Gasteiger partial charge in [-0.15, -0.1) is 0 Å². The summed E-state index contributed by atoms with van der Waals surface area (Å²) in [5.41, 5.74) is 10.5. The molecule has 0 aliphatic rings. The van der Waals surface area contributed by atoms with E-state index in [1.165, 1.54) is 59.9 Å². The van der Waals surface area contributed by atoms with Gasteiger partial charge in [0, 0.05) is 45.8 Å². The van der Waals surface area contributed by atoms with Crippen molar-refractivity contribution in [3.05, 3.63) is 212 Å². The Bertz CT molecular complexity index is 2820.